The second kappa shape index (κ2) is 6.49. The molecular weight excluding hydrogens is 314 g/mol. The van der Waals surface area contributed by atoms with Crippen molar-refractivity contribution in [2.24, 2.45) is 5.73 Å². The molecule has 1 aliphatic heterocycles. The quantitative estimate of drug-likeness (QED) is 0.867. The summed E-state index contributed by atoms with van der Waals surface area (Å²) in [4.78, 5) is 12.4. The topological polar surface area (TPSA) is 92.5 Å². The first kappa shape index (κ1) is 16.3. The zero-order valence-corrected chi connectivity index (χ0v) is 13.9. The highest BCUT2D eigenvalue weighted by molar-refractivity contribution is 7.93. The highest BCUT2D eigenvalue weighted by atomic mass is 32.2. The smallest absolute Gasteiger partial charge is 0.251 e. The van der Waals surface area contributed by atoms with Crippen LogP contribution in [-0.2, 0) is 10.0 Å². The van der Waals surface area contributed by atoms with E-state index >= 15 is 0 Å². The van der Waals surface area contributed by atoms with Gasteiger partial charge < -0.3 is 11.1 Å². The molecule has 0 bridgehead atoms. The fourth-order valence-electron chi connectivity index (χ4n) is 3.26. The number of nitrogens with two attached hydrogens (primary N) is 1. The number of rotatable bonds is 3. The molecule has 0 atom stereocenters. The molecule has 0 aromatic heterocycles. The molecule has 1 saturated heterocycles. The lowest BCUT2D eigenvalue weighted by Crippen LogP contribution is -2.40. The van der Waals surface area contributed by atoms with E-state index < -0.39 is 10.0 Å². The Bertz CT molecular complexity index is 682. The van der Waals surface area contributed by atoms with Crippen LogP contribution in [0.4, 0.5) is 5.69 Å². The maximum absolute atomic E-state index is 12.4. The summed E-state index contributed by atoms with van der Waals surface area (Å²) in [6.45, 7) is 0.480. The van der Waals surface area contributed by atoms with Gasteiger partial charge in [0, 0.05) is 24.2 Å². The van der Waals surface area contributed by atoms with Gasteiger partial charge in [-0.2, -0.15) is 0 Å². The SMILES string of the molecule is NC1CCC(NC(=O)c2cccc(N3CCCS3(=O)=O)c2)CC1. The molecule has 0 radical (unpaired) electrons. The van der Waals surface area contributed by atoms with Crippen LogP contribution in [0.2, 0.25) is 0 Å². The molecule has 2 fully saturated rings. The van der Waals surface area contributed by atoms with Gasteiger partial charge in [0.05, 0.1) is 11.4 Å². The first-order chi connectivity index (χ1) is 11.0. The van der Waals surface area contributed by atoms with Crippen LogP contribution in [0.15, 0.2) is 24.3 Å². The zero-order chi connectivity index (χ0) is 16.4. The maximum Gasteiger partial charge on any atom is 0.251 e. The van der Waals surface area contributed by atoms with Crippen molar-refractivity contribution in [2.45, 2.75) is 44.2 Å². The molecule has 1 aromatic rings. The van der Waals surface area contributed by atoms with Crippen molar-refractivity contribution >= 4 is 21.6 Å². The summed E-state index contributed by atoms with van der Waals surface area (Å²) < 4.78 is 25.4. The van der Waals surface area contributed by atoms with Gasteiger partial charge in [0.1, 0.15) is 0 Å². The lowest BCUT2D eigenvalue weighted by Gasteiger charge is -2.27. The van der Waals surface area contributed by atoms with Crippen LogP contribution >= 0.6 is 0 Å². The molecule has 3 rings (SSSR count). The van der Waals surface area contributed by atoms with E-state index in [9.17, 15) is 13.2 Å². The van der Waals surface area contributed by atoms with E-state index in [2.05, 4.69) is 5.32 Å². The first-order valence-electron chi connectivity index (χ1n) is 8.12. The Balaban J connectivity index is 1.71. The van der Waals surface area contributed by atoms with Gasteiger partial charge in [-0.15, -0.1) is 0 Å². The number of nitrogens with zero attached hydrogens (tertiary/aromatic N) is 1. The molecule has 3 N–H and O–H groups in total. The van der Waals surface area contributed by atoms with Crippen molar-refractivity contribution < 1.29 is 13.2 Å². The molecule has 0 spiro atoms. The van der Waals surface area contributed by atoms with Gasteiger partial charge in [0.25, 0.3) is 5.91 Å². The Kier molecular flexibility index (Phi) is 4.59. The summed E-state index contributed by atoms with van der Waals surface area (Å²) in [7, 11) is -3.23. The largest absolute Gasteiger partial charge is 0.349 e. The number of carbonyl (C=O) groups excluding carboxylic acids is 1. The van der Waals surface area contributed by atoms with Crippen molar-refractivity contribution in [1.29, 1.82) is 0 Å². The van der Waals surface area contributed by atoms with Crippen molar-refractivity contribution in [3.8, 4) is 0 Å². The van der Waals surface area contributed by atoms with Gasteiger partial charge >= 0.3 is 0 Å². The molecule has 7 heteroatoms. The summed E-state index contributed by atoms with van der Waals surface area (Å²) in [5.41, 5.74) is 6.95. The molecule has 1 saturated carbocycles. The van der Waals surface area contributed by atoms with Crippen LogP contribution in [0.3, 0.4) is 0 Å². The van der Waals surface area contributed by atoms with E-state index in [4.69, 9.17) is 5.73 Å². The summed E-state index contributed by atoms with van der Waals surface area (Å²) in [5, 5.41) is 3.03. The minimum absolute atomic E-state index is 0.149. The van der Waals surface area contributed by atoms with Crippen molar-refractivity contribution in [1.82, 2.24) is 5.32 Å². The van der Waals surface area contributed by atoms with Gasteiger partial charge in [-0.3, -0.25) is 9.10 Å². The summed E-state index contributed by atoms with van der Waals surface area (Å²) in [6, 6.07) is 7.24. The second-order valence-electron chi connectivity index (χ2n) is 6.38. The van der Waals surface area contributed by atoms with Crippen LogP contribution in [0.5, 0.6) is 0 Å². The first-order valence-corrected chi connectivity index (χ1v) is 9.73. The van der Waals surface area contributed by atoms with E-state index in [1.807, 2.05) is 0 Å². The number of carbonyl (C=O) groups is 1. The molecule has 6 nitrogen and oxygen atoms in total. The number of hydrogen-bond donors (Lipinski definition) is 2. The standard InChI is InChI=1S/C16H23N3O3S/c17-13-5-7-14(8-6-13)18-16(20)12-3-1-4-15(11-12)19-9-2-10-23(19,21)22/h1,3-4,11,13-14H,2,5-10,17H2,(H,18,20). The third kappa shape index (κ3) is 3.67. The lowest BCUT2D eigenvalue weighted by molar-refractivity contribution is 0.0926. The molecule has 0 unspecified atom stereocenters. The minimum atomic E-state index is -3.23. The van der Waals surface area contributed by atoms with Gasteiger partial charge in [-0.1, -0.05) is 6.07 Å². The monoisotopic (exact) mass is 337 g/mol. The third-order valence-electron chi connectivity index (χ3n) is 4.60. The fourth-order valence-corrected chi connectivity index (χ4v) is 4.82. The molecule has 1 amide bonds. The van der Waals surface area contributed by atoms with Gasteiger partial charge in [0.2, 0.25) is 10.0 Å². The fraction of sp³-hybridized carbons (Fsp3) is 0.562. The van der Waals surface area contributed by atoms with E-state index in [1.54, 1.807) is 24.3 Å². The molecule has 1 heterocycles. The number of nitrogens with one attached hydrogen (secondary N) is 1. The number of sulfonamides is 1. The van der Waals surface area contributed by atoms with Crippen molar-refractivity contribution in [3.63, 3.8) is 0 Å². The highest BCUT2D eigenvalue weighted by Crippen LogP contribution is 2.25. The van der Waals surface area contributed by atoms with Crippen LogP contribution in [-0.4, -0.2) is 38.7 Å². The van der Waals surface area contributed by atoms with E-state index in [1.165, 1.54) is 4.31 Å². The van der Waals surface area contributed by atoms with Crippen LogP contribution in [0, 0.1) is 0 Å². The average molecular weight is 337 g/mol. The summed E-state index contributed by atoms with van der Waals surface area (Å²) in [6.07, 6.45) is 4.27. The molecular formula is C16H23N3O3S. The van der Waals surface area contributed by atoms with Gasteiger partial charge in [-0.25, -0.2) is 8.42 Å². The number of hydrogen-bond acceptors (Lipinski definition) is 4. The normalized spacial score (nSPS) is 26.9. The Morgan fingerprint density at radius 1 is 1.22 bits per heavy atom. The van der Waals surface area contributed by atoms with Crippen LogP contribution in [0.1, 0.15) is 42.5 Å². The van der Waals surface area contributed by atoms with Crippen molar-refractivity contribution in [2.75, 3.05) is 16.6 Å². The zero-order valence-electron chi connectivity index (χ0n) is 13.1. The number of anilines is 1. The Hall–Kier alpha value is -1.60. The van der Waals surface area contributed by atoms with Crippen molar-refractivity contribution in [3.05, 3.63) is 29.8 Å². The second-order valence-corrected chi connectivity index (χ2v) is 8.39. The number of amides is 1. The molecule has 1 aliphatic carbocycles. The van der Waals surface area contributed by atoms with E-state index in [-0.39, 0.29) is 23.7 Å². The molecule has 2 aliphatic rings. The predicted molar refractivity (Wildman–Crippen MR) is 89.9 cm³/mol. The Morgan fingerprint density at radius 2 is 1.96 bits per heavy atom. The van der Waals surface area contributed by atoms with Crippen LogP contribution in [0.25, 0.3) is 0 Å². The van der Waals surface area contributed by atoms with Gasteiger partial charge in [-0.05, 0) is 50.3 Å². The minimum Gasteiger partial charge on any atom is -0.349 e. The third-order valence-corrected chi connectivity index (χ3v) is 6.47. The molecule has 1 aromatic carbocycles. The average Bonchev–Trinajstić information content (AvgIpc) is 2.89. The summed E-state index contributed by atoms with van der Waals surface area (Å²) >= 11 is 0. The van der Waals surface area contributed by atoms with E-state index in [0.717, 1.165) is 25.7 Å². The summed E-state index contributed by atoms with van der Waals surface area (Å²) in [5.74, 6) is 0.0232. The molecule has 23 heavy (non-hydrogen) atoms. The van der Waals surface area contributed by atoms with Crippen LogP contribution < -0.4 is 15.4 Å². The predicted octanol–water partition coefficient (Wildman–Crippen LogP) is 1.23. The molecule has 126 valence electrons. The Labute approximate surface area is 137 Å². The lowest BCUT2D eigenvalue weighted by atomic mass is 9.91. The van der Waals surface area contributed by atoms with E-state index in [0.29, 0.717) is 24.2 Å². The number of benzene rings is 1. The highest BCUT2D eigenvalue weighted by Gasteiger charge is 2.29. The maximum atomic E-state index is 12.4. The Morgan fingerprint density at radius 3 is 2.61 bits per heavy atom. The van der Waals surface area contributed by atoms with Gasteiger partial charge in [0.15, 0.2) is 0 Å².